The molecule has 2 aromatic carbocycles. The Balaban J connectivity index is 1.51. The zero-order valence-corrected chi connectivity index (χ0v) is 19.8. The van der Waals surface area contributed by atoms with Crippen LogP contribution in [0.25, 0.3) is 22.0 Å². The Bertz CT molecular complexity index is 1810. The van der Waals surface area contributed by atoms with Gasteiger partial charge in [0.1, 0.15) is 11.3 Å². The van der Waals surface area contributed by atoms with E-state index in [-0.39, 0.29) is 23.2 Å². The lowest BCUT2D eigenvalue weighted by Crippen LogP contribution is -2.27. The average molecular weight is 548 g/mol. The van der Waals surface area contributed by atoms with Gasteiger partial charge in [0.25, 0.3) is 11.8 Å². The largest absolute Gasteiger partial charge is 0.573 e. The van der Waals surface area contributed by atoms with Crippen LogP contribution in [-0.4, -0.2) is 46.4 Å². The fourth-order valence-corrected chi connectivity index (χ4v) is 3.82. The zero-order chi connectivity index (χ0) is 33.6. The van der Waals surface area contributed by atoms with E-state index in [4.69, 9.17) is 14.3 Å². The lowest BCUT2D eigenvalue weighted by Gasteiger charge is -2.17. The number of nitrogens with zero attached hydrogens (tertiary/aromatic N) is 2. The van der Waals surface area contributed by atoms with Crippen molar-refractivity contribution in [3.63, 3.8) is 0 Å². The van der Waals surface area contributed by atoms with Crippen LogP contribution in [-0.2, 0) is 0 Å². The van der Waals surface area contributed by atoms with E-state index in [1.54, 1.807) is 18.2 Å². The monoisotopic (exact) mass is 547 g/mol. The first-order chi connectivity index (χ1) is 21.4. The maximum absolute atomic E-state index is 13.6. The second kappa shape index (κ2) is 10.3. The number of amides is 2. The zero-order valence-electron chi connectivity index (χ0n) is 26.8. The third-order valence-corrected chi connectivity index (χ3v) is 5.83. The van der Waals surface area contributed by atoms with Gasteiger partial charge in [0, 0.05) is 27.3 Å². The molecule has 0 spiro atoms. The highest BCUT2D eigenvalue weighted by Crippen LogP contribution is 2.30. The van der Waals surface area contributed by atoms with Gasteiger partial charge in [-0.25, -0.2) is 4.98 Å². The first-order valence-corrected chi connectivity index (χ1v) is 11.5. The molecule has 12 heteroatoms. The topological polar surface area (TPSA) is 118 Å². The van der Waals surface area contributed by atoms with E-state index in [9.17, 15) is 22.8 Å². The van der Waals surface area contributed by atoms with Crippen molar-refractivity contribution >= 4 is 22.7 Å². The molecule has 1 aliphatic rings. The molecule has 0 unspecified atom stereocenters. The number of carbonyl (C=O) groups excluding carboxylic acids is 2. The molecule has 1 fully saturated rings. The Hall–Kier alpha value is -4.61. The van der Waals surface area contributed by atoms with Crippen molar-refractivity contribution in [1.82, 2.24) is 25.8 Å². The summed E-state index contributed by atoms with van der Waals surface area (Å²) in [5.41, 5.74) is 0.275. The Morgan fingerprint density at radius 1 is 1.21 bits per heavy atom. The van der Waals surface area contributed by atoms with Crippen LogP contribution < -0.4 is 20.1 Å². The first-order valence-electron chi connectivity index (χ1n) is 15.0. The number of methoxy groups -OCH3 is 1. The highest BCUT2D eigenvalue weighted by atomic mass is 19.4. The van der Waals surface area contributed by atoms with E-state index in [1.165, 1.54) is 12.3 Å². The average Bonchev–Trinajstić information content (AvgIpc) is 3.65. The van der Waals surface area contributed by atoms with Gasteiger partial charge in [0.2, 0.25) is 5.88 Å². The first kappa shape index (κ1) is 18.6. The van der Waals surface area contributed by atoms with Gasteiger partial charge >= 0.3 is 6.36 Å². The maximum Gasteiger partial charge on any atom is 0.573 e. The van der Waals surface area contributed by atoms with Crippen LogP contribution >= 0.6 is 0 Å². The van der Waals surface area contributed by atoms with Crippen LogP contribution in [0.1, 0.15) is 61.7 Å². The van der Waals surface area contributed by atoms with Gasteiger partial charge in [0.05, 0.1) is 24.1 Å². The number of H-pyrrole nitrogens is 1. The minimum atomic E-state index is -5.11. The fourth-order valence-electron chi connectivity index (χ4n) is 3.82. The second-order valence-electron chi connectivity index (χ2n) is 8.69. The maximum atomic E-state index is 13.6. The molecular weight excluding hydrogens is 515 g/mol. The molecule has 2 aromatic heterocycles. The molecule has 1 saturated carbocycles. The quantitative estimate of drug-likeness (QED) is 0.288. The highest BCUT2D eigenvalue weighted by Gasteiger charge is 2.31. The molecule has 4 aromatic rings. The van der Waals surface area contributed by atoms with Gasteiger partial charge in [-0.15, -0.1) is 13.2 Å². The summed E-state index contributed by atoms with van der Waals surface area (Å²) in [6.45, 7) is -3.09. The van der Waals surface area contributed by atoms with Gasteiger partial charge in [-0.2, -0.15) is 5.10 Å². The number of halogens is 3. The Labute approximate surface area is 230 Å². The summed E-state index contributed by atoms with van der Waals surface area (Å²) < 4.78 is 102. The number of hydrogen-bond donors (Lipinski definition) is 3. The van der Waals surface area contributed by atoms with Gasteiger partial charge in [0.15, 0.2) is 5.69 Å². The number of aromatic nitrogens is 3. The molecule has 1 aliphatic carbocycles. The molecule has 39 heavy (non-hydrogen) atoms. The normalized spacial score (nSPS) is 17.4. The van der Waals surface area contributed by atoms with Crippen molar-refractivity contribution in [2.75, 3.05) is 7.04 Å². The van der Waals surface area contributed by atoms with Crippen LogP contribution in [0.15, 0.2) is 54.7 Å². The minimum Gasteiger partial charge on any atom is -0.480 e. The number of pyridine rings is 1. The number of ether oxygens (including phenoxy) is 2. The van der Waals surface area contributed by atoms with Crippen LogP contribution in [0.5, 0.6) is 11.6 Å². The van der Waals surface area contributed by atoms with E-state index in [1.807, 2.05) is 0 Å². The number of hydrogen-bond acceptors (Lipinski definition) is 6. The van der Waals surface area contributed by atoms with E-state index < -0.39 is 61.0 Å². The SMILES string of the molecule is [2H]C([2H])([2H])Oc1ncc(-c2ccc3c(C(=O)NC4CC4)n[nH]c3c2)cc1C(=O)N[C@H](c1cc(OC(F)(F)F)ccc1[3H])C([2H])([2H])[2H]. The standard InChI is InChI=1S/C27H24F3N5O4/c1-14(15-4-3-5-19(10-15)39-27(28,29)30)32-24(36)21-11-17(13-31-26(21)38-2)16-6-9-20-22(12-16)34-35-23(20)25(37)33-18-7-8-18/h3-6,9-14,18H,7-8H2,1-2H3,(H,32,36)(H,33,37)(H,34,35)/t14-/m0/s1/i1D3,2D3,4T. The van der Waals surface area contributed by atoms with Crippen molar-refractivity contribution in [1.29, 1.82) is 0 Å². The molecule has 3 N–H and O–H groups in total. The summed E-state index contributed by atoms with van der Waals surface area (Å²) in [6.07, 6.45) is -2.13. The summed E-state index contributed by atoms with van der Waals surface area (Å²) in [5.74, 6) is -3.06. The smallest absolute Gasteiger partial charge is 0.480 e. The van der Waals surface area contributed by atoms with Crippen LogP contribution in [0, 0.1) is 0 Å². The molecule has 2 heterocycles. The summed E-state index contributed by atoms with van der Waals surface area (Å²) in [7, 11) is -3.07. The lowest BCUT2D eigenvalue weighted by molar-refractivity contribution is -0.274. The Morgan fingerprint density at radius 2 is 2.05 bits per heavy atom. The van der Waals surface area contributed by atoms with Gasteiger partial charge < -0.3 is 20.1 Å². The molecule has 202 valence electrons. The molecule has 1 atom stereocenters. The van der Waals surface area contributed by atoms with Crippen molar-refractivity contribution in [3.05, 3.63) is 71.5 Å². The number of alkyl halides is 3. The number of carbonyl (C=O) groups is 2. The van der Waals surface area contributed by atoms with Crippen LogP contribution in [0.4, 0.5) is 13.2 Å². The number of nitrogens with one attached hydrogen (secondary N) is 3. The van der Waals surface area contributed by atoms with Gasteiger partial charge in [-0.1, -0.05) is 18.2 Å². The molecule has 0 saturated heterocycles. The highest BCUT2D eigenvalue weighted by molar-refractivity contribution is 6.05. The van der Waals surface area contributed by atoms with Gasteiger partial charge in [-0.05, 0) is 61.2 Å². The van der Waals surface area contributed by atoms with E-state index in [2.05, 4.69) is 30.6 Å². The van der Waals surface area contributed by atoms with Crippen molar-refractivity contribution < 1.29 is 41.8 Å². The van der Waals surface area contributed by atoms with E-state index in [0.717, 1.165) is 25.0 Å². The Kier molecular flexibility index (Phi) is 4.90. The molecule has 5 rings (SSSR count). The second-order valence-corrected chi connectivity index (χ2v) is 8.69. The minimum absolute atomic E-state index is 0.111. The van der Waals surface area contributed by atoms with Crippen molar-refractivity contribution in [2.24, 2.45) is 0 Å². The molecular formula is C27H24F3N5O4. The van der Waals surface area contributed by atoms with Gasteiger partial charge in [-0.3, -0.25) is 14.7 Å². The summed E-state index contributed by atoms with van der Waals surface area (Å²) in [5, 5.41) is 12.4. The number of rotatable bonds is 8. The van der Waals surface area contributed by atoms with Crippen molar-refractivity contribution in [3.8, 4) is 22.8 Å². The lowest BCUT2D eigenvalue weighted by atomic mass is 10.0. The van der Waals surface area contributed by atoms with Crippen LogP contribution in [0.3, 0.4) is 0 Å². The van der Waals surface area contributed by atoms with Crippen LogP contribution in [0.2, 0.25) is 0 Å². The Morgan fingerprint density at radius 3 is 2.79 bits per heavy atom. The molecule has 9 nitrogen and oxygen atoms in total. The third kappa shape index (κ3) is 5.95. The number of benzene rings is 2. The number of fused-ring (bicyclic) bond motifs is 1. The summed E-state index contributed by atoms with van der Waals surface area (Å²) in [4.78, 5) is 30.1. The summed E-state index contributed by atoms with van der Waals surface area (Å²) in [6, 6.07) is 5.91. The predicted octanol–water partition coefficient (Wildman–Crippen LogP) is 4.92. The van der Waals surface area contributed by atoms with Crippen molar-refractivity contribution in [2.45, 2.75) is 38.1 Å². The molecule has 0 radical (unpaired) electrons. The number of aromatic amines is 1. The molecule has 0 bridgehead atoms. The third-order valence-electron chi connectivity index (χ3n) is 5.83. The molecule has 2 amide bonds. The predicted molar refractivity (Wildman–Crippen MR) is 135 cm³/mol. The van der Waals surface area contributed by atoms with E-state index >= 15 is 0 Å². The van der Waals surface area contributed by atoms with E-state index in [0.29, 0.717) is 22.5 Å². The molecule has 0 aliphatic heterocycles. The summed E-state index contributed by atoms with van der Waals surface area (Å²) >= 11 is 0. The fraction of sp³-hybridized carbons (Fsp3) is 0.259.